The highest BCUT2D eigenvalue weighted by atomic mass is 16.5. The normalized spacial score (nSPS) is 10.9. The van der Waals surface area contributed by atoms with Gasteiger partial charge in [0.15, 0.2) is 0 Å². The van der Waals surface area contributed by atoms with E-state index in [1.54, 1.807) is 0 Å². The zero-order chi connectivity index (χ0) is 13.9. The molecule has 0 fully saturated rings. The Bertz CT molecular complexity index is 718. The third kappa shape index (κ3) is 2.47. The van der Waals surface area contributed by atoms with E-state index in [0.717, 1.165) is 29.9 Å². The van der Waals surface area contributed by atoms with Gasteiger partial charge in [-0.25, -0.2) is 4.98 Å². The van der Waals surface area contributed by atoms with Crippen molar-refractivity contribution in [3.05, 3.63) is 47.4 Å². The first-order valence-electron chi connectivity index (χ1n) is 6.60. The second-order valence-corrected chi connectivity index (χ2v) is 4.83. The van der Waals surface area contributed by atoms with Gasteiger partial charge in [-0.15, -0.1) is 0 Å². The van der Waals surface area contributed by atoms with E-state index in [2.05, 4.69) is 51.6 Å². The molecule has 0 atom stereocenters. The first kappa shape index (κ1) is 12.6. The minimum absolute atomic E-state index is 0.523. The van der Waals surface area contributed by atoms with Crippen molar-refractivity contribution >= 4 is 16.9 Å². The molecule has 0 unspecified atom stereocenters. The van der Waals surface area contributed by atoms with E-state index in [-0.39, 0.29) is 0 Å². The molecule has 1 aromatic carbocycles. The Hall–Kier alpha value is -2.43. The van der Waals surface area contributed by atoms with E-state index in [0.29, 0.717) is 5.71 Å². The summed E-state index contributed by atoms with van der Waals surface area (Å²) in [5.74, 6) is 0.779. The zero-order valence-electron chi connectivity index (χ0n) is 11.6. The van der Waals surface area contributed by atoms with Gasteiger partial charge in [-0.05, 0) is 25.8 Å². The van der Waals surface area contributed by atoms with Gasteiger partial charge in [0.2, 0.25) is 0 Å². The molecule has 2 heterocycles. The van der Waals surface area contributed by atoms with Crippen LogP contribution in [0.25, 0.3) is 11.1 Å². The van der Waals surface area contributed by atoms with Gasteiger partial charge in [-0.2, -0.15) is 4.98 Å². The molecule has 0 aliphatic heterocycles. The van der Waals surface area contributed by atoms with Crippen LogP contribution in [0.15, 0.2) is 35.1 Å². The summed E-state index contributed by atoms with van der Waals surface area (Å²) in [5.41, 5.74) is 3.91. The van der Waals surface area contributed by atoms with Crippen LogP contribution in [0.2, 0.25) is 0 Å². The van der Waals surface area contributed by atoms with Crippen molar-refractivity contribution < 1.29 is 4.52 Å². The second kappa shape index (κ2) is 5.28. The summed E-state index contributed by atoms with van der Waals surface area (Å²) in [4.78, 5) is 8.32. The van der Waals surface area contributed by atoms with E-state index >= 15 is 0 Å². The highest BCUT2D eigenvalue weighted by Crippen LogP contribution is 2.22. The lowest BCUT2D eigenvalue weighted by Gasteiger charge is -2.06. The van der Waals surface area contributed by atoms with Crippen LogP contribution in [-0.2, 0) is 6.42 Å². The van der Waals surface area contributed by atoms with Crippen molar-refractivity contribution in [2.45, 2.75) is 20.3 Å². The maximum absolute atomic E-state index is 5.13. The Morgan fingerprint density at radius 2 is 1.90 bits per heavy atom. The van der Waals surface area contributed by atoms with Gasteiger partial charge < -0.3 is 9.84 Å². The molecular formula is C15H16N4O. The van der Waals surface area contributed by atoms with E-state index in [1.165, 1.54) is 17.5 Å². The largest absolute Gasteiger partial charge is 0.369 e. The minimum atomic E-state index is 0.523. The van der Waals surface area contributed by atoms with E-state index in [9.17, 15) is 0 Å². The van der Waals surface area contributed by atoms with Gasteiger partial charge in [-0.1, -0.05) is 35.0 Å². The number of aromatic nitrogens is 3. The highest BCUT2D eigenvalue weighted by Gasteiger charge is 2.11. The minimum Gasteiger partial charge on any atom is -0.369 e. The summed E-state index contributed by atoms with van der Waals surface area (Å²) >= 11 is 0. The molecule has 102 valence electrons. The van der Waals surface area contributed by atoms with E-state index in [1.807, 2.05) is 6.92 Å². The summed E-state index contributed by atoms with van der Waals surface area (Å²) in [6.07, 6.45) is 2.43. The molecule has 0 spiro atoms. The summed E-state index contributed by atoms with van der Waals surface area (Å²) in [6.45, 7) is 4.79. The fourth-order valence-electron chi connectivity index (χ4n) is 2.14. The molecule has 0 bridgehead atoms. The van der Waals surface area contributed by atoms with Crippen molar-refractivity contribution in [2.24, 2.45) is 0 Å². The predicted molar refractivity (Wildman–Crippen MR) is 77.7 cm³/mol. The average Bonchev–Trinajstić information content (AvgIpc) is 2.84. The molecular weight excluding hydrogens is 252 g/mol. The maximum atomic E-state index is 5.13. The topological polar surface area (TPSA) is 63.8 Å². The molecule has 2 aromatic heterocycles. The fourth-order valence-corrected chi connectivity index (χ4v) is 2.14. The first-order chi connectivity index (χ1) is 9.74. The molecule has 0 saturated carbocycles. The molecule has 20 heavy (non-hydrogen) atoms. The lowest BCUT2D eigenvalue weighted by atomic mass is 10.1. The first-order valence-corrected chi connectivity index (χ1v) is 6.60. The van der Waals surface area contributed by atoms with Crippen molar-refractivity contribution in [2.75, 3.05) is 11.9 Å². The molecule has 5 nitrogen and oxygen atoms in total. The summed E-state index contributed by atoms with van der Waals surface area (Å²) in [7, 11) is 0. The van der Waals surface area contributed by atoms with Crippen molar-refractivity contribution in [3.8, 4) is 0 Å². The Balaban J connectivity index is 1.71. The van der Waals surface area contributed by atoms with Gasteiger partial charge in [0, 0.05) is 6.54 Å². The number of aryl methyl sites for hydroxylation is 2. The number of hydrogen-bond donors (Lipinski definition) is 1. The van der Waals surface area contributed by atoms with Crippen molar-refractivity contribution in [1.82, 2.24) is 15.1 Å². The number of benzene rings is 1. The third-order valence-corrected chi connectivity index (χ3v) is 3.27. The molecule has 0 aliphatic rings. The Kier molecular flexibility index (Phi) is 3.33. The van der Waals surface area contributed by atoms with Crippen LogP contribution in [0.3, 0.4) is 0 Å². The zero-order valence-corrected chi connectivity index (χ0v) is 11.6. The van der Waals surface area contributed by atoms with Crippen LogP contribution >= 0.6 is 0 Å². The maximum Gasteiger partial charge on any atom is 0.263 e. The number of fused-ring (bicyclic) bond motifs is 1. The van der Waals surface area contributed by atoms with Crippen LogP contribution in [0.5, 0.6) is 0 Å². The Morgan fingerprint density at radius 3 is 2.70 bits per heavy atom. The number of anilines is 1. The molecule has 5 heteroatoms. The van der Waals surface area contributed by atoms with Gasteiger partial charge in [0.1, 0.15) is 17.5 Å². The molecule has 0 aliphatic carbocycles. The van der Waals surface area contributed by atoms with Gasteiger partial charge in [-0.3, -0.25) is 0 Å². The number of nitrogens with zero attached hydrogens (tertiary/aromatic N) is 3. The molecule has 0 radical (unpaired) electrons. The molecule has 0 amide bonds. The summed E-state index contributed by atoms with van der Waals surface area (Å²) in [6, 6.07) is 8.55. The summed E-state index contributed by atoms with van der Waals surface area (Å²) < 4.78 is 5.13. The van der Waals surface area contributed by atoms with Gasteiger partial charge >= 0.3 is 0 Å². The molecule has 0 saturated heterocycles. The smallest absolute Gasteiger partial charge is 0.263 e. The molecule has 3 aromatic rings. The predicted octanol–water partition coefficient (Wildman–Crippen LogP) is 2.89. The van der Waals surface area contributed by atoms with Crippen molar-refractivity contribution in [1.29, 1.82) is 0 Å². The fraction of sp³-hybridized carbons (Fsp3) is 0.267. The lowest BCUT2D eigenvalue weighted by molar-refractivity contribution is 0.442. The third-order valence-electron chi connectivity index (χ3n) is 3.27. The highest BCUT2D eigenvalue weighted by molar-refractivity contribution is 5.87. The number of hydrogen-bond acceptors (Lipinski definition) is 5. The number of rotatable bonds is 4. The Morgan fingerprint density at radius 1 is 1.10 bits per heavy atom. The SMILES string of the molecule is Cc1ccc(CCNc2ncnc3onc(C)c23)cc1. The van der Waals surface area contributed by atoms with Crippen LogP contribution in [0.1, 0.15) is 16.8 Å². The van der Waals surface area contributed by atoms with Crippen LogP contribution < -0.4 is 5.32 Å². The average molecular weight is 268 g/mol. The molecule has 3 rings (SSSR count). The Labute approximate surface area is 117 Å². The second-order valence-electron chi connectivity index (χ2n) is 4.83. The number of nitrogens with one attached hydrogen (secondary N) is 1. The standard InChI is InChI=1S/C15H16N4O/c1-10-3-5-12(6-4-10)7-8-16-14-13-11(2)19-20-15(13)18-9-17-14/h3-6,9H,7-8H2,1-2H3,(H,16,17,18). The van der Waals surface area contributed by atoms with E-state index in [4.69, 9.17) is 4.52 Å². The summed E-state index contributed by atoms with van der Waals surface area (Å²) in [5, 5.41) is 8.10. The lowest BCUT2D eigenvalue weighted by Crippen LogP contribution is -2.07. The van der Waals surface area contributed by atoms with Crippen LogP contribution in [0.4, 0.5) is 5.82 Å². The molecule has 1 N–H and O–H groups in total. The van der Waals surface area contributed by atoms with Crippen LogP contribution in [0, 0.1) is 13.8 Å². The van der Waals surface area contributed by atoms with Crippen LogP contribution in [-0.4, -0.2) is 21.7 Å². The monoisotopic (exact) mass is 268 g/mol. The van der Waals surface area contributed by atoms with E-state index < -0.39 is 0 Å². The van der Waals surface area contributed by atoms with Gasteiger partial charge in [0.25, 0.3) is 5.71 Å². The van der Waals surface area contributed by atoms with Crippen molar-refractivity contribution in [3.63, 3.8) is 0 Å². The quantitative estimate of drug-likeness (QED) is 0.788. The van der Waals surface area contributed by atoms with Gasteiger partial charge in [0.05, 0.1) is 5.69 Å².